The maximum absolute atomic E-state index is 6.58. The van der Waals surface area contributed by atoms with Crippen LogP contribution in [-0.2, 0) is 6.42 Å². The van der Waals surface area contributed by atoms with Gasteiger partial charge in [-0.15, -0.1) is 0 Å². The van der Waals surface area contributed by atoms with Crippen LogP contribution in [0.5, 0.6) is 0 Å². The molecule has 20 heavy (non-hydrogen) atoms. The van der Waals surface area contributed by atoms with E-state index >= 15 is 0 Å². The Kier molecular flexibility index (Phi) is 3.90. The fourth-order valence-corrected chi connectivity index (χ4v) is 3.67. The van der Waals surface area contributed by atoms with E-state index in [0.29, 0.717) is 5.92 Å². The van der Waals surface area contributed by atoms with E-state index in [-0.39, 0.29) is 6.04 Å². The SMILES string of the molecule is Cc1cccc(C(N)C2CCCc3cccnc32)c1Br. The number of halogens is 1. The molecule has 1 aromatic carbocycles. The largest absolute Gasteiger partial charge is 0.323 e. The number of pyridine rings is 1. The Labute approximate surface area is 128 Å². The zero-order chi connectivity index (χ0) is 14.1. The first-order valence-electron chi connectivity index (χ1n) is 7.13. The standard InChI is InChI=1S/C17H19BrN2/c1-11-5-2-8-13(15(11)18)16(19)14-9-3-6-12-7-4-10-20-17(12)14/h2,4-5,7-8,10,14,16H,3,6,9,19H2,1H3. The van der Waals surface area contributed by atoms with Crippen molar-refractivity contribution in [2.45, 2.75) is 38.1 Å². The van der Waals surface area contributed by atoms with Crippen LogP contribution >= 0.6 is 15.9 Å². The Hall–Kier alpha value is -1.19. The van der Waals surface area contributed by atoms with E-state index in [4.69, 9.17) is 5.73 Å². The van der Waals surface area contributed by atoms with Gasteiger partial charge in [0.25, 0.3) is 0 Å². The van der Waals surface area contributed by atoms with E-state index in [1.807, 2.05) is 12.3 Å². The lowest BCUT2D eigenvalue weighted by atomic mass is 9.80. The third-order valence-electron chi connectivity index (χ3n) is 4.25. The molecule has 2 nitrogen and oxygen atoms in total. The molecule has 0 aliphatic heterocycles. The number of nitrogens with two attached hydrogens (primary N) is 1. The van der Waals surface area contributed by atoms with E-state index in [0.717, 1.165) is 17.3 Å². The zero-order valence-corrected chi connectivity index (χ0v) is 13.2. The van der Waals surface area contributed by atoms with Gasteiger partial charge in [0.1, 0.15) is 0 Å². The van der Waals surface area contributed by atoms with Gasteiger partial charge in [-0.25, -0.2) is 0 Å². The second-order valence-corrected chi connectivity index (χ2v) is 6.34. The summed E-state index contributed by atoms with van der Waals surface area (Å²) < 4.78 is 1.13. The summed E-state index contributed by atoms with van der Waals surface area (Å²) in [6.45, 7) is 2.10. The van der Waals surface area contributed by atoms with Gasteiger partial charge in [-0.2, -0.15) is 0 Å². The minimum atomic E-state index is -0.00164. The van der Waals surface area contributed by atoms with Gasteiger partial charge >= 0.3 is 0 Å². The van der Waals surface area contributed by atoms with Crippen molar-refractivity contribution in [3.63, 3.8) is 0 Å². The van der Waals surface area contributed by atoms with Crippen molar-refractivity contribution < 1.29 is 0 Å². The molecule has 1 aliphatic rings. The number of nitrogens with zero attached hydrogens (tertiary/aromatic N) is 1. The summed E-state index contributed by atoms with van der Waals surface area (Å²) in [6.07, 6.45) is 5.32. The summed E-state index contributed by atoms with van der Waals surface area (Å²) in [7, 11) is 0. The Balaban J connectivity index is 2.00. The van der Waals surface area contributed by atoms with Crippen LogP contribution in [-0.4, -0.2) is 4.98 Å². The molecule has 2 N–H and O–H groups in total. The predicted octanol–water partition coefficient (Wildman–Crippen LogP) is 4.27. The summed E-state index contributed by atoms with van der Waals surface area (Å²) in [5.74, 6) is 0.318. The fourth-order valence-electron chi connectivity index (χ4n) is 3.14. The highest BCUT2D eigenvalue weighted by Crippen LogP contribution is 2.40. The number of hydrogen-bond acceptors (Lipinski definition) is 2. The highest BCUT2D eigenvalue weighted by molar-refractivity contribution is 9.10. The second kappa shape index (κ2) is 5.66. The van der Waals surface area contributed by atoms with Crippen molar-refractivity contribution in [1.82, 2.24) is 4.98 Å². The zero-order valence-electron chi connectivity index (χ0n) is 11.6. The first-order valence-corrected chi connectivity index (χ1v) is 7.92. The van der Waals surface area contributed by atoms with Crippen LogP contribution < -0.4 is 5.73 Å². The number of rotatable bonds is 2. The van der Waals surface area contributed by atoms with Crippen molar-refractivity contribution in [2.75, 3.05) is 0 Å². The van der Waals surface area contributed by atoms with E-state index < -0.39 is 0 Å². The topological polar surface area (TPSA) is 38.9 Å². The summed E-state index contributed by atoms with van der Waals surface area (Å²) in [5.41, 5.74) is 11.6. The average molecular weight is 331 g/mol. The molecule has 0 radical (unpaired) electrons. The van der Waals surface area contributed by atoms with Crippen LogP contribution in [0.2, 0.25) is 0 Å². The minimum absolute atomic E-state index is 0.00164. The lowest BCUT2D eigenvalue weighted by Gasteiger charge is -2.30. The predicted molar refractivity (Wildman–Crippen MR) is 85.7 cm³/mol. The molecule has 3 rings (SSSR count). The molecule has 0 amide bonds. The van der Waals surface area contributed by atoms with Gasteiger partial charge in [0, 0.05) is 28.3 Å². The van der Waals surface area contributed by atoms with E-state index in [2.05, 4.69) is 52.1 Å². The molecule has 104 valence electrons. The van der Waals surface area contributed by atoms with E-state index in [1.165, 1.54) is 28.8 Å². The normalized spacial score (nSPS) is 19.4. The van der Waals surface area contributed by atoms with Crippen LogP contribution in [0.1, 0.15) is 47.2 Å². The van der Waals surface area contributed by atoms with Gasteiger partial charge in [0.2, 0.25) is 0 Å². The highest BCUT2D eigenvalue weighted by atomic mass is 79.9. The summed E-state index contributed by atoms with van der Waals surface area (Å²) in [4.78, 5) is 4.60. The molecule has 0 saturated heterocycles. The number of hydrogen-bond donors (Lipinski definition) is 1. The molecule has 0 saturated carbocycles. The molecular formula is C17H19BrN2. The van der Waals surface area contributed by atoms with Crippen LogP contribution in [0.25, 0.3) is 0 Å². The Bertz CT molecular complexity index is 624. The minimum Gasteiger partial charge on any atom is -0.323 e. The highest BCUT2D eigenvalue weighted by Gasteiger charge is 2.28. The fraction of sp³-hybridized carbons (Fsp3) is 0.353. The Morgan fingerprint density at radius 1 is 1.30 bits per heavy atom. The number of fused-ring (bicyclic) bond motifs is 1. The Morgan fingerprint density at radius 2 is 2.15 bits per heavy atom. The maximum atomic E-state index is 6.58. The Morgan fingerprint density at radius 3 is 3.00 bits per heavy atom. The van der Waals surface area contributed by atoms with Gasteiger partial charge in [0.15, 0.2) is 0 Å². The van der Waals surface area contributed by atoms with Crippen molar-refractivity contribution in [3.05, 3.63) is 63.4 Å². The van der Waals surface area contributed by atoms with Crippen LogP contribution in [0.15, 0.2) is 41.0 Å². The second-order valence-electron chi connectivity index (χ2n) is 5.55. The van der Waals surface area contributed by atoms with Crippen molar-refractivity contribution in [1.29, 1.82) is 0 Å². The average Bonchev–Trinajstić information content (AvgIpc) is 2.49. The molecule has 0 fully saturated rings. The van der Waals surface area contributed by atoms with Crippen LogP contribution in [0, 0.1) is 6.92 Å². The van der Waals surface area contributed by atoms with Crippen molar-refractivity contribution in [2.24, 2.45) is 5.73 Å². The van der Waals surface area contributed by atoms with E-state index in [9.17, 15) is 0 Å². The molecule has 2 aromatic rings. The molecule has 1 aromatic heterocycles. The number of benzene rings is 1. The molecule has 3 heteroatoms. The maximum Gasteiger partial charge on any atom is 0.0485 e. The monoisotopic (exact) mass is 330 g/mol. The van der Waals surface area contributed by atoms with Gasteiger partial charge in [-0.05, 0) is 48.9 Å². The lowest BCUT2D eigenvalue weighted by Crippen LogP contribution is -2.25. The third-order valence-corrected chi connectivity index (χ3v) is 5.34. The van der Waals surface area contributed by atoms with Gasteiger partial charge in [0.05, 0.1) is 0 Å². The van der Waals surface area contributed by atoms with Gasteiger partial charge < -0.3 is 5.73 Å². The first kappa shape index (κ1) is 13.8. The first-order chi connectivity index (χ1) is 9.68. The molecule has 0 bridgehead atoms. The molecular weight excluding hydrogens is 312 g/mol. The van der Waals surface area contributed by atoms with Gasteiger partial charge in [-0.1, -0.05) is 40.2 Å². The molecule has 0 spiro atoms. The summed E-state index contributed by atoms with van der Waals surface area (Å²) >= 11 is 3.69. The molecule has 2 atom stereocenters. The van der Waals surface area contributed by atoms with Crippen LogP contribution in [0.4, 0.5) is 0 Å². The van der Waals surface area contributed by atoms with Crippen molar-refractivity contribution in [3.8, 4) is 0 Å². The third kappa shape index (κ3) is 2.40. The smallest absolute Gasteiger partial charge is 0.0485 e. The number of aromatic nitrogens is 1. The molecule has 2 unspecified atom stereocenters. The molecule has 1 heterocycles. The quantitative estimate of drug-likeness (QED) is 0.892. The van der Waals surface area contributed by atoms with E-state index in [1.54, 1.807) is 0 Å². The lowest BCUT2D eigenvalue weighted by molar-refractivity contribution is 0.461. The summed E-state index contributed by atoms with van der Waals surface area (Å²) in [6, 6.07) is 10.5. The van der Waals surface area contributed by atoms with Crippen LogP contribution in [0.3, 0.4) is 0 Å². The van der Waals surface area contributed by atoms with Gasteiger partial charge in [-0.3, -0.25) is 4.98 Å². The summed E-state index contributed by atoms with van der Waals surface area (Å²) in [5, 5.41) is 0. The van der Waals surface area contributed by atoms with Crippen molar-refractivity contribution >= 4 is 15.9 Å². The molecule has 1 aliphatic carbocycles. The number of aryl methyl sites for hydroxylation is 2.